The molecule has 0 aliphatic heterocycles. The number of unbranched alkanes of at least 4 members (excludes halogenated alkanes) is 2. The van der Waals surface area contributed by atoms with Crippen molar-refractivity contribution < 1.29 is 4.74 Å². The Balaban J connectivity index is 1.80. The number of hydrogen-bond donors (Lipinski definition) is 1. The molecule has 1 aromatic rings. The molecule has 0 amide bonds. The predicted molar refractivity (Wildman–Crippen MR) is 69.1 cm³/mol. The number of nitrogens with zero attached hydrogens (tertiary/aromatic N) is 1. The fraction of sp³-hybridized carbons (Fsp3) is 0.643. The number of nitrogens with one attached hydrogen (secondary N) is 1. The molecule has 3 nitrogen and oxygen atoms in total. The van der Waals surface area contributed by atoms with E-state index in [1.807, 2.05) is 12.3 Å². The van der Waals surface area contributed by atoms with Gasteiger partial charge in [-0.3, -0.25) is 4.98 Å². The molecule has 0 bridgehead atoms. The normalized spacial score (nSPS) is 14.9. The highest BCUT2D eigenvalue weighted by molar-refractivity contribution is 5.30. The van der Waals surface area contributed by atoms with Crippen LogP contribution in [0.3, 0.4) is 0 Å². The Bertz CT molecular complexity index is 337. The van der Waals surface area contributed by atoms with E-state index in [-0.39, 0.29) is 0 Å². The van der Waals surface area contributed by atoms with Gasteiger partial charge in [-0.1, -0.05) is 19.8 Å². The van der Waals surface area contributed by atoms with Gasteiger partial charge in [0.25, 0.3) is 0 Å². The minimum atomic E-state index is 0.725. The van der Waals surface area contributed by atoms with Crippen LogP contribution in [-0.4, -0.2) is 17.6 Å². The summed E-state index contributed by atoms with van der Waals surface area (Å²) in [7, 11) is 0. The molecule has 1 fully saturated rings. The Morgan fingerprint density at radius 2 is 2.29 bits per heavy atom. The molecule has 1 saturated carbocycles. The minimum absolute atomic E-state index is 0.725. The SMILES string of the molecule is CCCCCOc1ccncc1CNC1CC1. The molecule has 1 heterocycles. The van der Waals surface area contributed by atoms with E-state index >= 15 is 0 Å². The van der Waals surface area contributed by atoms with Crippen molar-refractivity contribution in [2.24, 2.45) is 0 Å². The van der Waals surface area contributed by atoms with Crippen molar-refractivity contribution in [2.45, 2.75) is 51.6 Å². The van der Waals surface area contributed by atoms with Gasteiger partial charge in [-0.05, 0) is 25.3 Å². The fourth-order valence-corrected chi connectivity index (χ4v) is 1.76. The topological polar surface area (TPSA) is 34.1 Å². The first-order valence-corrected chi connectivity index (χ1v) is 6.69. The first-order valence-electron chi connectivity index (χ1n) is 6.69. The van der Waals surface area contributed by atoms with E-state index in [0.717, 1.165) is 31.4 Å². The molecule has 0 unspecified atom stereocenters. The number of pyridine rings is 1. The Kier molecular flexibility index (Phi) is 4.80. The van der Waals surface area contributed by atoms with Crippen LogP contribution in [0.2, 0.25) is 0 Å². The summed E-state index contributed by atoms with van der Waals surface area (Å²) in [5, 5.41) is 3.49. The molecule has 2 rings (SSSR count). The van der Waals surface area contributed by atoms with Gasteiger partial charge in [-0.25, -0.2) is 0 Å². The molecule has 3 heteroatoms. The molecule has 94 valence electrons. The molecule has 1 N–H and O–H groups in total. The average molecular weight is 234 g/mol. The van der Waals surface area contributed by atoms with Crippen LogP contribution in [0, 0.1) is 0 Å². The molecule has 17 heavy (non-hydrogen) atoms. The van der Waals surface area contributed by atoms with Crippen molar-refractivity contribution in [1.82, 2.24) is 10.3 Å². The van der Waals surface area contributed by atoms with Crippen molar-refractivity contribution in [3.63, 3.8) is 0 Å². The molecule has 0 aromatic carbocycles. The molecule has 1 aliphatic rings. The van der Waals surface area contributed by atoms with Gasteiger partial charge in [0, 0.05) is 30.5 Å². The molecule has 1 aliphatic carbocycles. The van der Waals surface area contributed by atoms with E-state index in [0.29, 0.717) is 0 Å². The standard InChI is InChI=1S/C14H22N2O/c1-2-3-4-9-17-14-7-8-15-10-12(14)11-16-13-5-6-13/h7-8,10,13,16H,2-6,9,11H2,1H3. The summed E-state index contributed by atoms with van der Waals surface area (Å²) in [6, 6.07) is 2.69. The lowest BCUT2D eigenvalue weighted by molar-refractivity contribution is 0.302. The smallest absolute Gasteiger partial charge is 0.126 e. The Morgan fingerprint density at radius 3 is 3.06 bits per heavy atom. The van der Waals surface area contributed by atoms with Crippen LogP contribution < -0.4 is 10.1 Å². The van der Waals surface area contributed by atoms with Gasteiger partial charge >= 0.3 is 0 Å². The number of aromatic nitrogens is 1. The van der Waals surface area contributed by atoms with E-state index in [9.17, 15) is 0 Å². The van der Waals surface area contributed by atoms with Crippen LogP contribution in [0.5, 0.6) is 5.75 Å². The van der Waals surface area contributed by atoms with Crippen LogP contribution in [-0.2, 0) is 6.54 Å². The summed E-state index contributed by atoms with van der Waals surface area (Å²) in [6.07, 6.45) is 9.94. The summed E-state index contributed by atoms with van der Waals surface area (Å²) < 4.78 is 5.81. The molecule has 0 atom stereocenters. The van der Waals surface area contributed by atoms with Gasteiger partial charge in [0.15, 0.2) is 0 Å². The average Bonchev–Trinajstić information content (AvgIpc) is 3.17. The minimum Gasteiger partial charge on any atom is -0.493 e. The summed E-state index contributed by atoms with van der Waals surface area (Å²) in [6.45, 7) is 3.90. The van der Waals surface area contributed by atoms with E-state index in [2.05, 4.69) is 17.2 Å². The Labute approximate surface area is 104 Å². The van der Waals surface area contributed by atoms with E-state index < -0.39 is 0 Å². The maximum atomic E-state index is 5.81. The second-order valence-corrected chi connectivity index (χ2v) is 4.69. The van der Waals surface area contributed by atoms with E-state index in [1.165, 1.54) is 31.2 Å². The lowest BCUT2D eigenvalue weighted by Crippen LogP contribution is -2.16. The summed E-state index contributed by atoms with van der Waals surface area (Å²) in [4.78, 5) is 4.17. The van der Waals surface area contributed by atoms with Gasteiger partial charge < -0.3 is 10.1 Å². The predicted octanol–water partition coefficient (Wildman–Crippen LogP) is 2.90. The van der Waals surface area contributed by atoms with Gasteiger partial charge in [0.05, 0.1) is 6.61 Å². The first kappa shape index (κ1) is 12.4. The third-order valence-corrected chi connectivity index (χ3v) is 3.02. The molecule has 0 spiro atoms. The molecule has 0 radical (unpaired) electrons. The van der Waals surface area contributed by atoms with E-state index in [4.69, 9.17) is 4.74 Å². The summed E-state index contributed by atoms with van der Waals surface area (Å²) in [5.74, 6) is 0.990. The largest absolute Gasteiger partial charge is 0.493 e. The third-order valence-electron chi connectivity index (χ3n) is 3.02. The lowest BCUT2D eigenvalue weighted by Gasteiger charge is -2.11. The monoisotopic (exact) mass is 234 g/mol. The van der Waals surface area contributed by atoms with Crippen molar-refractivity contribution in [3.05, 3.63) is 24.0 Å². The highest BCUT2D eigenvalue weighted by Gasteiger charge is 2.20. The van der Waals surface area contributed by atoms with Crippen LogP contribution in [0.25, 0.3) is 0 Å². The highest BCUT2D eigenvalue weighted by atomic mass is 16.5. The maximum Gasteiger partial charge on any atom is 0.126 e. The van der Waals surface area contributed by atoms with Gasteiger partial charge in [-0.15, -0.1) is 0 Å². The molecular weight excluding hydrogens is 212 g/mol. The van der Waals surface area contributed by atoms with Crippen molar-refractivity contribution in [1.29, 1.82) is 0 Å². The molecular formula is C14H22N2O. The quantitative estimate of drug-likeness (QED) is 0.702. The number of rotatable bonds is 8. The van der Waals surface area contributed by atoms with Crippen LogP contribution >= 0.6 is 0 Å². The van der Waals surface area contributed by atoms with Crippen molar-refractivity contribution >= 4 is 0 Å². The zero-order valence-corrected chi connectivity index (χ0v) is 10.6. The van der Waals surface area contributed by atoms with Crippen LogP contribution in [0.15, 0.2) is 18.5 Å². The van der Waals surface area contributed by atoms with Crippen LogP contribution in [0.1, 0.15) is 44.6 Å². The van der Waals surface area contributed by atoms with Gasteiger partial charge in [0.1, 0.15) is 5.75 Å². The van der Waals surface area contributed by atoms with Crippen molar-refractivity contribution in [3.8, 4) is 5.75 Å². The zero-order valence-electron chi connectivity index (χ0n) is 10.6. The van der Waals surface area contributed by atoms with E-state index in [1.54, 1.807) is 6.20 Å². The summed E-state index contributed by atoms with van der Waals surface area (Å²) >= 11 is 0. The molecule has 0 saturated heterocycles. The Morgan fingerprint density at radius 1 is 1.41 bits per heavy atom. The summed E-state index contributed by atoms with van der Waals surface area (Å²) in [5.41, 5.74) is 1.18. The number of hydrogen-bond acceptors (Lipinski definition) is 3. The Hall–Kier alpha value is -1.09. The second kappa shape index (κ2) is 6.60. The third kappa shape index (κ3) is 4.35. The zero-order chi connectivity index (χ0) is 11.9. The first-order chi connectivity index (χ1) is 8.40. The highest BCUT2D eigenvalue weighted by Crippen LogP contribution is 2.22. The fourth-order valence-electron chi connectivity index (χ4n) is 1.76. The maximum absolute atomic E-state index is 5.81. The van der Waals surface area contributed by atoms with Crippen LogP contribution in [0.4, 0.5) is 0 Å². The lowest BCUT2D eigenvalue weighted by atomic mass is 10.2. The molecule has 1 aromatic heterocycles. The second-order valence-electron chi connectivity index (χ2n) is 4.69. The van der Waals surface area contributed by atoms with Gasteiger partial charge in [0.2, 0.25) is 0 Å². The van der Waals surface area contributed by atoms with Crippen molar-refractivity contribution in [2.75, 3.05) is 6.61 Å². The van der Waals surface area contributed by atoms with Gasteiger partial charge in [-0.2, -0.15) is 0 Å². The number of ether oxygens (including phenoxy) is 1.